The number of aromatic nitrogens is 2. The van der Waals surface area contributed by atoms with Gasteiger partial charge in [-0.1, -0.05) is 11.6 Å². The van der Waals surface area contributed by atoms with Crippen LogP contribution in [0.15, 0.2) is 4.90 Å². The molecule has 1 fully saturated rings. The molecule has 1 aromatic heterocycles. The van der Waals surface area contributed by atoms with Crippen molar-refractivity contribution in [2.24, 2.45) is 7.05 Å². The van der Waals surface area contributed by atoms with Crippen LogP contribution in [0.5, 0.6) is 0 Å². The molecule has 1 aromatic rings. The fourth-order valence-corrected chi connectivity index (χ4v) is 4.31. The normalized spacial score (nSPS) is 18.0. The lowest BCUT2D eigenvalue weighted by Gasteiger charge is -2.38. The third-order valence-corrected chi connectivity index (χ3v) is 5.51. The fraction of sp³-hybridized carbons (Fsp3) is 0.727. The minimum Gasteiger partial charge on any atom is -0.373 e. The number of hydrogen-bond donors (Lipinski definition) is 0. The summed E-state index contributed by atoms with van der Waals surface area (Å²) >= 11 is 6.01. The molecular weight excluding hydrogens is 290 g/mol. The van der Waals surface area contributed by atoms with Crippen molar-refractivity contribution in [3.63, 3.8) is 0 Å². The van der Waals surface area contributed by atoms with E-state index in [2.05, 4.69) is 5.10 Å². The first-order valence-electron chi connectivity index (χ1n) is 6.08. The summed E-state index contributed by atoms with van der Waals surface area (Å²) in [5.41, 5.74) is 0.417. The SMILES string of the molecule is Cc1nn(C)c(Cl)c1S(=O)(=O)N1CC(OC(C)C)C1. The monoisotopic (exact) mass is 307 g/mol. The maximum atomic E-state index is 12.4. The number of ether oxygens (including phenoxy) is 1. The number of sulfonamides is 1. The molecule has 19 heavy (non-hydrogen) atoms. The Morgan fingerprint density at radius 2 is 2.00 bits per heavy atom. The Balaban J connectivity index is 2.17. The highest BCUT2D eigenvalue weighted by Gasteiger charge is 2.40. The minimum absolute atomic E-state index is 0.0365. The average Bonchev–Trinajstić information content (AvgIpc) is 2.46. The van der Waals surface area contributed by atoms with E-state index in [1.54, 1.807) is 14.0 Å². The Kier molecular flexibility index (Phi) is 3.92. The van der Waals surface area contributed by atoms with E-state index in [0.717, 1.165) is 0 Å². The summed E-state index contributed by atoms with van der Waals surface area (Å²) in [6.45, 7) is 6.23. The predicted molar refractivity (Wildman–Crippen MR) is 71.7 cm³/mol. The van der Waals surface area contributed by atoms with Crippen molar-refractivity contribution in [1.29, 1.82) is 0 Å². The second-order valence-electron chi connectivity index (χ2n) is 4.96. The molecule has 108 valence electrons. The Morgan fingerprint density at radius 1 is 1.42 bits per heavy atom. The highest BCUT2D eigenvalue weighted by atomic mass is 35.5. The lowest BCUT2D eigenvalue weighted by atomic mass is 10.2. The summed E-state index contributed by atoms with van der Waals surface area (Å²) < 4.78 is 33.2. The summed E-state index contributed by atoms with van der Waals surface area (Å²) in [5.74, 6) is 0. The molecule has 0 bridgehead atoms. The van der Waals surface area contributed by atoms with Crippen molar-refractivity contribution in [3.8, 4) is 0 Å². The molecule has 1 saturated heterocycles. The molecule has 0 radical (unpaired) electrons. The van der Waals surface area contributed by atoms with Gasteiger partial charge in [-0.2, -0.15) is 9.40 Å². The molecule has 0 N–H and O–H groups in total. The van der Waals surface area contributed by atoms with Gasteiger partial charge in [-0.3, -0.25) is 4.68 Å². The van der Waals surface area contributed by atoms with Crippen LogP contribution in [0.2, 0.25) is 5.15 Å². The van der Waals surface area contributed by atoms with Crippen LogP contribution in [0.3, 0.4) is 0 Å². The van der Waals surface area contributed by atoms with Crippen LogP contribution in [-0.4, -0.2) is 47.8 Å². The second-order valence-corrected chi connectivity index (χ2v) is 7.19. The van der Waals surface area contributed by atoms with Crippen LogP contribution in [0.25, 0.3) is 0 Å². The molecule has 0 aromatic carbocycles. The molecule has 2 heterocycles. The zero-order valence-corrected chi connectivity index (χ0v) is 13.0. The quantitative estimate of drug-likeness (QED) is 0.838. The van der Waals surface area contributed by atoms with E-state index in [4.69, 9.17) is 16.3 Å². The number of rotatable bonds is 4. The van der Waals surface area contributed by atoms with Gasteiger partial charge in [-0.05, 0) is 20.8 Å². The molecule has 8 heteroatoms. The molecule has 0 aliphatic carbocycles. The van der Waals surface area contributed by atoms with Gasteiger partial charge < -0.3 is 4.74 Å². The molecule has 0 atom stereocenters. The van der Waals surface area contributed by atoms with E-state index in [0.29, 0.717) is 18.8 Å². The minimum atomic E-state index is -3.57. The molecule has 0 saturated carbocycles. The van der Waals surface area contributed by atoms with Gasteiger partial charge in [0, 0.05) is 20.1 Å². The second kappa shape index (κ2) is 5.05. The highest BCUT2D eigenvalue weighted by Crippen LogP contribution is 2.30. The number of nitrogens with zero attached hydrogens (tertiary/aromatic N) is 3. The largest absolute Gasteiger partial charge is 0.373 e. The summed E-state index contributed by atoms with van der Waals surface area (Å²) in [4.78, 5) is 0.0969. The van der Waals surface area contributed by atoms with E-state index >= 15 is 0 Å². The lowest BCUT2D eigenvalue weighted by Crippen LogP contribution is -2.55. The van der Waals surface area contributed by atoms with Crippen molar-refractivity contribution >= 4 is 21.6 Å². The Labute approximate surface area is 118 Å². The number of halogens is 1. The first-order chi connectivity index (χ1) is 8.73. The van der Waals surface area contributed by atoms with Gasteiger partial charge in [-0.15, -0.1) is 0 Å². The van der Waals surface area contributed by atoms with Crippen LogP contribution in [-0.2, 0) is 21.8 Å². The summed E-state index contributed by atoms with van der Waals surface area (Å²) in [6, 6.07) is 0. The first kappa shape index (κ1) is 14.8. The van der Waals surface area contributed by atoms with Gasteiger partial charge in [0.25, 0.3) is 0 Å². The van der Waals surface area contributed by atoms with Gasteiger partial charge in [0.1, 0.15) is 10.0 Å². The van der Waals surface area contributed by atoms with E-state index in [9.17, 15) is 8.42 Å². The van der Waals surface area contributed by atoms with Crippen LogP contribution in [0.1, 0.15) is 19.5 Å². The molecule has 0 spiro atoms. The van der Waals surface area contributed by atoms with Crippen LogP contribution < -0.4 is 0 Å². The lowest BCUT2D eigenvalue weighted by molar-refractivity contribution is -0.0519. The standard InChI is InChI=1S/C11H18ClN3O3S/c1-7(2)18-9-5-15(6-9)19(16,17)10-8(3)13-14(4)11(10)12/h7,9H,5-6H2,1-4H3. The number of aryl methyl sites for hydroxylation is 2. The van der Waals surface area contributed by atoms with Gasteiger partial charge in [0.05, 0.1) is 17.9 Å². The fourth-order valence-electron chi connectivity index (χ4n) is 2.10. The van der Waals surface area contributed by atoms with E-state index in [1.807, 2.05) is 13.8 Å². The van der Waals surface area contributed by atoms with Gasteiger partial charge >= 0.3 is 0 Å². The van der Waals surface area contributed by atoms with Crippen molar-refractivity contribution in [2.75, 3.05) is 13.1 Å². The van der Waals surface area contributed by atoms with Crippen LogP contribution in [0.4, 0.5) is 0 Å². The molecule has 0 unspecified atom stereocenters. The topological polar surface area (TPSA) is 64.4 Å². The highest BCUT2D eigenvalue weighted by molar-refractivity contribution is 7.89. The van der Waals surface area contributed by atoms with Crippen LogP contribution >= 0.6 is 11.6 Å². The van der Waals surface area contributed by atoms with Gasteiger partial charge in [0.2, 0.25) is 10.0 Å². The Hall–Kier alpha value is -0.630. The molecule has 6 nitrogen and oxygen atoms in total. The van der Waals surface area contributed by atoms with E-state index in [-0.39, 0.29) is 22.3 Å². The van der Waals surface area contributed by atoms with E-state index < -0.39 is 10.0 Å². The predicted octanol–water partition coefficient (Wildman–Crippen LogP) is 1.18. The maximum Gasteiger partial charge on any atom is 0.248 e. The number of hydrogen-bond acceptors (Lipinski definition) is 4. The Bertz CT molecular complexity index is 576. The molecule has 2 rings (SSSR count). The van der Waals surface area contributed by atoms with Gasteiger partial charge in [-0.25, -0.2) is 8.42 Å². The van der Waals surface area contributed by atoms with Crippen molar-refractivity contribution in [1.82, 2.24) is 14.1 Å². The van der Waals surface area contributed by atoms with Crippen molar-refractivity contribution < 1.29 is 13.2 Å². The van der Waals surface area contributed by atoms with Crippen LogP contribution in [0, 0.1) is 6.92 Å². The molecule has 1 aliphatic heterocycles. The zero-order valence-electron chi connectivity index (χ0n) is 11.4. The van der Waals surface area contributed by atoms with E-state index in [1.165, 1.54) is 8.99 Å². The summed E-state index contributed by atoms with van der Waals surface area (Å²) in [6.07, 6.45) is 0.0594. The van der Waals surface area contributed by atoms with Crippen molar-refractivity contribution in [2.45, 2.75) is 37.9 Å². The molecule has 1 aliphatic rings. The molecule has 0 amide bonds. The smallest absolute Gasteiger partial charge is 0.248 e. The third-order valence-electron chi connectivity index (χ3n) is 2.98. The van der Waals surface area contributed by atoms with Gasteiger partial charge in [0.15, 0.2) is 0 Å². The zero-order chi connectivity index (χ0) is 14.4. The summed E-state index contributed by atoms with van der Waals surface area (Å²) in [5, 5.41) is 4.18. The maximum absolute atomic E-state index is 12.4. The average molecular weight is 308 g/mol. The first-order valence-corrected chi connectivity index (χ1v) is 7.90. The summed E-state index contributed by atoms with van der Waals surface area (Å²) in [7, 11) is -1.95. The molecular formula is C11H18ClN3O3S. The Morgan fingerprint density at radius 3 is 2.42 bits per heavy atom. The third kappa shape index (κ3) is 2.65. The van der Waals surface area contributed by atoms with Crippen molar-refractivity contribution in [3.05, 3.63) is 10.8 Å².